The minimum atomic E-state index is -0.263. The standard InChI is InChI=1S/C29H27N3O4.ClH/c1-2-17-13-32(14-24(34)18-7-8-25-23(11-18)30-27(35)16-36-25)10-9-29-21-5-3-4-6-22(21)31-28(29)20(15-33)19(17)12-26(29)32;/h2-8,11,15,19,26H,9-10,12-14,16H2,1H3,(H-,30,31,33,35);1H/b17-2-;/t19-,26-,29+,32?;/m0./s1. The highest BCUT2D eigenvalue weighted by molar-refractivity contribution is 6.01. The third-order valence-corrected chi connectivity index (χ3v) is 9.25. The summed E-state index contributed by atoms with van der Waals surface area (Å²) in [6.07, 6.45) is 4.98. The molecular formula is C29H28ClN3O4. The largest absolute Gasteiger partial charge is 1.00 e. The molecule has 1 spiro atoms. The number of fused-ring (bicyclic) bond motifs is 3. The number of allylic oxidation sites excluding steroid dienone is 2. The number of piperidine rings is 1. The topological polar surface area (TPSA) is 84.5 Å². The maximum atomic E-state index is 13.8. The number of Topliss-reactive ketones (excluding diaryl/α,β-unsaturated/α-hetero) is 1. The van der Waals surface area contributed by atoms with Crippen LogP contribution < -0.4 is 27.8 Å². The SMILES string of the molecule is C/C=C1/C[N+]2(CC(=O)c3ccc4c(c3)NC(=O)CO4)CC[C@]34C(=C(C=O)[C@H]1C[C@@H]32)Nc1ccccc14.[Cl-]. The summed E-state index contributed by atoms with van der Waals surface area (Å²) in [5.74, 6) is 0.537. The summed E-state index contributed by atoms with van der Waals surface area (Å²) in [5.41, 5.74) is 6.39. The van der Waals surface area contributed by atoms with Gasteiger partial charge in [-0.3, -0.25) is 14.4 Å². The number of halogens is 1. The fraction of sp³-hybridized carbons (Fsp3) is 0.345. The van der Waals surface area contributed by atoms with Crippen LogP contribution in [0.2, 0.25) is 0 Å². The third kappa shape index (κ3) is 3.14. The first kappa shape index (κ1) is 23.9. The molecule has 7 rings (SSSR count). The summed E-state index contributed by atoms with van der Waals surface area (Å²) in [5, 5.41) is 6.46. The Kier molecular flexibility index (Phi) is 5.37. The molecule has 0 aromatic heterocycles. The number of hydrogen-bond acceptors (Lipinski definition) is 5. The number of hydrogen-bond donors (Lipinski definition) is 2. The number of nitrogens with zero attached hydrogens (tertiary/aromatic N) is 1. The molecule has 2 bridgehead atoms. The number of amides is 1. The highest BCUT2D eigenvalue weighted by Crippen LogP contribution is 2.63. The van der Waals surface area contributed by atoms with Crippen molar-refractivity contribution in [1.82, 2.24) is 0 Å². The van der Waals surface area contributed by atoms with Gasteiger partial charge in [-0.15, -0.1) is 0 Å². The van der Waals surface area contributed by atoms with Crippen molar-refractivity contribution < 1.29 is 36.0 Å². The van der Waals surface area contributed by atoms with Gasteiger partial charge in [0, 0.05) is 41.3 Å². The second-order valence-corrected chi connectivity index (χ2v) is 10.7. The lowest BCUT2D eigenvalue weighted by Crippen LogP contribution is -3.00. The molecule has 1 unspecified atom stereocenters. The van der Waals surface area contributed by atoms with Gasteiger partial charge in [0.25, 0.3) is 5.91 Å². The van der Waals surface area contributed by atoms with Crippen molar-refractivity contribution in [1.29, 1.82) is 0 Å². The molecule has 4 aliphatic heterocycles. The zero-order chi connectivity index (χ0) is 24.7. The summed E-state index contributed by atoms with van der Waals surface area (Å²) >= 11 is 0. The zero-order valence-electron chi connectivity index (χ0n) is 20.6. The molecule has 4 atom stereocenters. The van der Waals surface area contributed by atoms with E-state index in [1.54, 1.807) is 18.2 Å². The minimum absolute atomic E-state index is 0. The molecule has 1 aliphatic carbocycles. The zero-order valence-corrected chi connectivity index (χ0v) is 21.3. The predicted octanol–water partition coefficient (Wildman–Crippen LogP) is 0.590. The van der Waals surface area contributed by atoms with E-state index in [-0.39, 0.29) is 48.1 Å². The lowest BCUT2D eigenvalue weighted by Gasteiger charge is -2.53. The Morgan fingerprint density at radius 2 is 2.03 bits per heavy atom. The first-order chi connectivity index (χ1) is 17.5. The Labute approximate surface area is 221 Å². The van der Waals surface area contributed by atoms with Crippen LogP contribution in [0.1, 0.15) is 35.7 Å². The minimum Gasteiger partial charge on any atom is -1.00 e. The van der Waals surface area contributed by atoms with Gasteiger partial charge in [0.2, 0.25) is 5.78 Å². The molecule has 2 aromatic rings. The van der Waals surface area contributed by atoms with Crippen molar-refractivity contribution in [2.75, 3.05) is 36.9 Å². The van der Waals surface area contributed by atoms with Crippen molar-refractivity contribution in [3.8, 4) is 5.75 Å². The number of carbonyl (C=O) groups is 3. The molecule has 5 aliphatic rings. The van der Waals surface area contributed by atoms with Crippen LogP contribution in [-0.2, 0) is 15.0 Å². The van der Waals surface area contributed by atoms with E-state index in [0.717, 1.165) is 49.2 Å². The second kappa shape index (κ2) is 8.30. The molecular weight excluding hydrogens is 490 g/mol. The van der Waals surface area contributed by atoms with E-state index in [9.17, 15) is 14.4 Å². The number of quaternary nitrogens is 1. The first-order valence-corrected chi connectivity index (χ1v) is 12.7. The van der Waals surface area contributed by atoms with Crippen molar-refractivity contribution in [2.24, 2.45) is 5.92 Å². The van der Waals surface area contributed by atoms with Gasteiger partial charge in [0.15, 0.2) is 6.61 Å². The quantitative estimate of drug-likeness (QED) is 0.268. The van der Waals surface area contributed by atoms with Gasteiger partial charge < -0.3 is 32.3 Å². The molecule has 0 radical (unpaired) electrons. The number of nitrogens with one attached hydrogen (secondary N) is 2. The Morgan fingerprint density at radius 1 is 1.19 bits per heavy atom. The number of carbonyl (C=O) groups excluding carboxylic acids is 3. The van der Waals surface area contributed by atoms with Crippen LogP contribution in [0.25, 0.3) is 0 Å². The molecule has 2 fully saturated rings. The van der Waals surface area contributed by atoms with Crippen molar-refractivity contribution in [2.45, 2.75) is 31.2 Å². The van der Waals surface area contributed by atoms with Gasteiger partial charge >= 0.3 is 0 Å². The van der Waals surface area contributed by atoms with Gasteiger partial charge in [-0.2, -0.15) is 0 Å². The van der Waals surface area contributed by atoms with Gasteiger partial charge in [-0.1, -0.05) is 24.3 Å². The van der Waals surface area contributed by atoms with Crippen LogP contribution in [0.4, 0.5) is 11.4 Å². The number of ether oxygens (including phenoxy) is 1. The van der Waals surface area contributed by atoms with E-state index in [1.807, 2.05) is 13.0 Å². The van der Waals surface area contributed by atoms with Crippen LogP contribution in [-0.4, -0.2) is 54.7 Å². The first-order valence-electron chi connectivity index (χ1n) is 12.7. The molecule has 2 aromatic carbocycles. The highest BCUT2D eigenvalue weighted by Gasteiger charge is 2.68. The van der Waals surface area contributed by atoms with E-state index in [2.05, 4.69) is 34.9 Å². The fourth-order valence-corrected chi connectivity index (χ4v) is 7.76. The van der Waals surface area contributed by atoms with Gasteiger partial charge in [0.05, 0.1) is 17.6 Å². The number of rotatable bonds is 4. The van der Waals surface area contributed by atoms with E-state index in [1.165, 1.54) is 11.1 Å². The molecule has 8 heteroatoms. The lowest BCUT2D eigenvalue weighted by atomic mass is 9.61. The van der Waals surface area contributed by atoms with Crippen molar-refractivity contribution in [3.05, 3.63) is 76.5 Å². The molecule has 37 heavy (non-hydrogen) atoms. The summed E-state index contributed by atoms with van der Waals surface area (Å²) in [6.45, 7) is 4.07. The Hall–Kier alpha value is -3.42. The molecule has 0 saturated carbocycles. The molecule has 2 N–H and O–H groups in total. The average molecular weight is 518 g/mol. The maximum absolute atomic E-state index is 13.8. The van der Waals surface area contributed by atoms with Crippen LogP contribution >= 0.6 is 0 Å². The summed E-state index contributed by atoms with van der Waals surface area (Å²) < 4.78 is 6.17. The molecule has 2 saturated heterocycles. The molecule has 7 nitrogen and oxygen atoms in total. The summed E-state index contributed by atoms with van der Waals surface area (Å²) in [4.78, 5) is 38.1. The molecule has 190 valence electrons. The van der Waals surface area contributed by atoms with Gasteiger partial charge in [0.1, 0.15) is 31.2 Å². The van der Waals surface area contributed by atoms with Gasteiger partial charge in [-0.05, 0) is 42.3 Å². The maximum Gasteiger partial charge on any atom is 0.262 e. The number of benzene rings is 2. The highest BCUT2D eigenvalue weighted by atomic mass is 35.5. The van der Waals surface area contributed by atoms with E-state index >= 15 is 0 Å². The number of para-hydroxylation sites is 1. The average Bonchev–Trinajstić information content (AvgIpc) is 3.42. The monoisotopic (exact) mass is 517 g/mol. The van der Waals surface area contributed by atoms with E-state index in [4.69, 9.17) is 4.74 Å². The van der Waals surface area contributed by atoms with Crippen molar-refractivity contribution >= 4 is 29.4 Å². The normalized spacial score (nSPS) is 31.3. The summed E-state index contributed by atoms with van der Waals surface area (Å²) in [6, 6.07) is 13.9. The predicted molar refractivity (Wildman–Crippen MR) is 135 cm³/mol. The summed E-state index contributed by atoms with van der Waals surface area (Å²) in [7, 11) is 0. The second-order valence-electron chi connectivity index (χ2n) is 10.7. The van der Waals surface area contributed by atoms with Crippen LogP contribution in [0.3, 0.4) is 0 Å². The number of anilines is 2. The molecule has 4 heterocycles. The van der Waals surface area contributed by atoms with E-state index < -0.39 is 0 Å². The third-order valence-electron chi connectivity index (χ3n) is 9.25. The number of aldehydes is 1. The van der Waals surface area contributed by atoms with Crippen LogP contribution in [0.5, 0.6) is 5.75 Å². The Bertz CT molecular complexity index is 1430. The Morgan fingerprint density at radius 3 is 2.84 bits per heavy atom. The Balaban J connectivity index is 0.00000252. The molecule has 1 amide bonds. The van der Waals surface area contributed by atoms with E-state index in [0.29, 0.717) is 28.0 Å². The van der Waals surface area contributed by atoms with Gasteiger partial charge in [-0.25, -0.2) is 0 Å². The lowest BCUT2D eigenvalue weighted by molar-refractivity contribution is -0.934. The van der Waals surface area contributed by atoms with Crippen LogP contribution in [0.15, 0.2) is 65.4 Å². The van der Waals surface area contributed by atoms with Crippen LogP contribution in [0, 0.1) is 5.92 Å². The number of ketones is 1. The van der Waals surface area contributed by atoms with Crippen molar-refractivity contribution in [3.63, 3.8) is 0 Å². The fourth-order valence-electron chi connectivity index (χ4n) is 7.76. The smallest absolute Gasteiger partial charge is 0.262 e.